The van der Waals surface area contributed by atoms with Crippen LogP contribution in [0.2, 0.25) is 0 Å². The van der Waals surface area contributed by atoms with Gasteiger partial charge in [-0.3, -0.25) is 9.55 Å². The molecule has 0 saturated heterocycles. The number of H-pyrrole nitrogens is 1. The summed E-state index contributed by atoms with van der Waals surface area (Å²) < 4.78 is 13.5. The molecule has 8 heteroatoms. The third-order valence-corrected chi connectivity index (χ3v) is 3.39. The molecule has 0 saturated carbocycles. The van der Waals surface area contributed by atoms with Crippen molar-refractivity contribution in [2.45, 2.75) is 13.5 Å². The van der Waals surface area contributed by atoms with Crippen molar-refractivity contribution < 1.29 is 4.21 Å². The van der Waals surface area contributed by atoms with Crippen LogP contribution in [0.4, 0.5) is 5.82 Å². The summed E-state index contributed by atoms with van der Waals surface area (Å²) in [6.45, 7) is 2.26. The lowest BCUT2D eigenvalue weighted by molar-refractivity contribution is 0.695. The fourth-order valence-electron chi connectivity index (χ4n) is 2.05. The van der Waals surface area contributed by atoms with E-state index in [4.69, 9.17) is 5.73 Å². The minimum atomic E-state index is 0.340. The van der Waals surface area contributed by atoms with E-state index in [2.05, 4.69) is 19.9 Å². The summed E-state index contributed by atoms with van der Waals surface area (Å²) >= 11 is 0.369. The van der Waals surface area contributed by atoms with Crippen molar-refractivity contribution >= 4 is 28.2 Å². The number of hydrogen-bond donors (Lipinski definition) is 2. The van der Waals surface area contributed by atoms with Gasteiger partial charge in [0.2, 0.25) is 4.77 Å². The molecule has 0 amide bonds. The number of nitrogen functional groups attached to an aromatic ring is 1. The highest BCUT2D eigenvalue weighted by Gasteiger charge is 2.11. The van der Waals surface area contributed by atoms with Gasteiger partial charge in [0.1, 0.15) is 22.6 Å². The van der Waals surface area contributed by atoms with Gasteiger partial charge in [0.15, 0.2) is 11.5 Å². The number of imidazole rings is 1. The van der Waals surface area contributed by atoms with Crippen molar-refractivity contribution in [2.24, 2.45) is 0 Å². The van der Waals surface area contributed by atoms with Gasteiger partial charge < -0.3 is 10.7 Å². The van der Waals surface area contributed by atoms with Crippen LogP contribution in [0, 0.1) is 11.7 Å². The normalized spacial score (nSPS) is 10.8. The Morgan fingerprint density at radius 2 is 2.30 bits per heavy atom. The molecule has 0 aliphatic heterocycles. The van der Waals surface area contributed by atoms with E-state index in [9.17, 15) is 4.21 Å². The number of nitrogens with two attached hydrogens (primary N) is 1. The zero-order valence-electron chi connectivity index (χ0n) is 10.7. The first-order chi connectivity index (χ1) is 9.69. The molecule has 0 radical (unpaired) electrons. The van der Waals surface area contributed by atoms with E-state index in [-0.39, 0.29) is 0 Å². The SMILES string of the molecule is Cc1nc(N)c2[nH]c(=S=O)n(Cc3cccnc3)c2n1. The topological polar surface area (TPSA) is 102 Å². The third-order valence-electron chi connectivity index (χ3n) is 2.90. The van der Waals surface area contributed by atoms with Crippen LogP contribution in [0.5, 0.6) is 0 Å². The Morgan fingerprint density at radius 1 is 1.45 bits per heavy atom. The Bertz CT molecular complexity index is 863. The van der Waals surface area contributed by atoms with E-state index >= 15 is 0 Å². The van der Waals surface area contributed by atoms with Crippen LogP contribution in [0.3, 0.4) is 0 Å². The molecule has 0 fully saturated rings. The average Bonchev–Trinajstić information content (AvgIpc) is 2.78. The molecule has 3 rings (SSSR count). The lowest BCUT2D eigenvalue weighted by Crippen LogP contribution is -2.04. The number of nitrogens with one attached hydrogen (secondary N) is 1. The highest BCUT2D eigenvalue weighted by atomic mass is 32.1. The summed E-state index contributed by atoms with van der Waals surface area (Å²) in [6.07, 6.45) is 3.46. The molecule has 3 aromatic rings. The lowest BCUT2D eigenvalue weighted by Gasteiger charge is -2.04. The Labute approximate surface area is 117 Å². The smallest absolute Gasteiger partial charge is 0.209 e. The van der Waals surface area contributed by atoms with Gasteiger partial charge in [-0.15, -0.1) is 0 Å². The van der Waals surface area contributed by atoms with Gasteiger partial charge in [-0.1, -0.05) is 6.07 Å². The lowest BCUT2D eigenvalue weighted by atomic mass is 10.3. The average molecular weight is 288 g/mol. The second-order valence-corrected chi connectivity index (χ2v) is 4.87. The Kier molecular flexibility index (Phi) is 3.07. The molecule has 0 aliphatic carbocycles. The first-order valence-corrected chi connectivity index (χ1v) is 6.67. The van der Waals surface area contributed by atoms with Crippen LogP contribution < -0.4 is 5.73 Å². The van der Waals surface area contributed by atoms with Gasteiger partial charge in [0.05, 0.1) is 6.54 Å². The molecule has 7 nitrogen and oxygen atoms in total. The van der Waals surface area contributed by atoms with Gasteiger partial charge in [-0.25, -0.2) is 14.2 Å². The van der Waals surface area contributed by atoms with Crippen molar-refractivity contribution in [1.29, 1.82) is 0 Å². The summed E-state index contributed by atoms with van der Waals surface area (Å²) in [6, 6.07) is 3.79. The van der Waals surface area contributed by atoms with Crippen LogP contribution in [-0.4, -0.2) is 28.7 Å². The maximum atomic E-state index is 11.3. The number of aromatic nitrogens is 5. The number of aryl methyl sites for hydroxylation is 1. The van der Waals surface area contributed by atoms with E-state index in [1.54, 1.807) is 23.9 Å². The van der Waals surface area contributed by atoms with Gasteiger partial charge in [0.25, 0.3) is 0 Å². The van der Waals surface area contributed by atoms with E-state index in [1.807, 2.05) is 12.1 Å². The minimum Gasteiger partial charge on any atom is -0.382 e. The molecule has 3 heterocycles. The summed E-state index contributed by atoms with van der Waals surface area (Å²) in [7, 11) is 0. The molecular weight excluding hydrogens is 276 g/mol. The predicted molar refractivity (Wildman–Crippen MR) is 75.8 cm³/mol. The number of fused-ring (bicyclic) bond motifs is 1. The van der Waals surface area contributed by atoms with Gasteiger partial charge in [0, 0.05) is 12.4 Å². The second-order valence-electron chi connectivity index (χ2n) is 4.32. The second kappa shape index (κ2) is 4.89. The Morgan fingerprint density at radius 3 is 3.00 bits per heavy atom. The fraction of sp³-hybridized carbons (Fsp3) is 0.167. The van der Waals surface area contributed by atoms with Crippen molar-refractivity contribution in [1.82, 2.24) is 24.5 Å². The Balaban J connectivity index is 2.26. The largest absolute Gasteiger partial charge is 0.382 e. The summed E-state index contributed by atoms with van der Waals surface area (Å²) in [5, 5.41) is 0. The van der Waals surface area contributed by atoms with Crippen molar-refractivity contribution in [3.63, 3.8) is 0 Å². The first-order valence-electron chi connectivity index (χ1n) is 5.93. The molecule has 0 aliphatic rings. The fourth-order valence-corrected chi connectivity index (χ4v) is 2.44. The van der Waals surface area contributed by atoms with Crippen LogP contribution in [-0.2, 0) is 17.8 Å². The number of aromatic amines is 1. The Hall–Kier alpha value is -2.48. The summed E-state index contributed by atoms with van der Waals surface area (Å²) in [5.41, 5.74) is 8.05. The third kappa shape index (κ3) is 2.10. The minimum absolute atomic E-state index is 0.340. The van der Waals surface area contributed by atoms with E-state index < -0.39 is 0 Å². The quantitative estimate of drug-likeness (QED) is 0.680. The molecule has 102 valence electrons. The molecule has 0 atom stereocenters. The standard InChI is InChI=1S/C12H12N6OS/c1-7-15-10(13)9-11(16-7)18(12(17-9)20-19)6-8-3-2-4-14-5-8/h2-5,17H,6H2,1H3,(H2,13,15,16). The zero-order valence-corrected chi connectivity index (χ0v) is 11.5. The zero-order chi connectivity index (χ0) is 14.1. The van der Waals surface area contributed by atoms with Crippen LogP contribution in [0.15, 0.2) is 24.5 Å². The number of hydrogen-bond acceptors (Lipinski definition) is 5. The van der Waals surface area contributed by atoms with Gasteiger partial charge in [-0.05, 0) is 18.6 Å². The number of rotatable bonds is 2. The maximum absolute atomic E-state index is 11.3. The molecule has 0 spiro atoms. The highest BCUT2D eigenvalue weighted by Crippen LogP contribution is 2.17. The molecule has 20 heavy (non-hydrogen) atoms. The molecular formula is C12H12N6OS. The van der Waals surface area contributed by atoms with E-state index in [0.717, 1.165) is 5.56 Å². The van der Waals surface area contributed by atoms with Crippen LogP contribution in [0.1, 0.15) is 11.4 Å². The molecule has 0 aromatic carbocycles. The van der Waals surface area contributed by atoms with Crippen molar-refractivity contribution in [3.05, 3.63) is 40.7 Å². The number of pyridine rings is 1. The maximum Gasteiger partial charge on any atom is 0.209 e. The number of anilines is 1. The summed E-state index contributed by atoms with van der Waals surface area (Å²) in [5.74, 6) is 0.907. The van der Waals surface area contributed by atoms with Gasteiger partial charge >= 0.3 is 0 Å². The van der Waals surface area contributed by atoms with E-state index in [0.29, 0.717) is 45.4 Å². The molecule has 0 bridgehead atoms. The first kappa shape index (κ1) is 12.5. The molecule has 3 aromatic heterocycles. The predicted octanol–water partition coefficient (Wildman–Crippen LogP) is 0.838. The van der Waals surface area contributed by atoms with Crippen LogP contribution in [0.25, 0.3) is 11.2 Å². The number of nitrogens with zero attached hydrogens (tertiary/aromatic N) is 4. The molecule has 3 N–H and O–H groups in total. The van der Waals surface area contributed by atoms with Crippen LogP contribution >= 0.6 is 0 Å². The van der Waals surface area contributed by atoms with E-state index in [1.165, 1.54) is 0 Å². The summed E-state index contributed by atoms with van der Waals surface area (Å²) in [4.78, 5) is 15.5. The monoisotopic (exact) mass is 288 g/mol. The van der Waals surface area contributed by atoms with Crippen molar-refractivity contribution in [2.75, 3.05) is 5.73 Å². The highest BCUT2D eigenvalue weighted by molar-refractivity contribution is 7.56. The molecule has 0 unspecified atom stereocenters. The van der Waals surface area contributed by atoms with Gasteiger partial charge in [-0.2, -0.15) is 0 Å². The van der Waals surface area contributed by atoms with Crippen molar-refractivity contribution in [3.8, 4) is 0 Å².